The summed E-state index contributed by atoms with van der Waals surface area (Å²) in [6.45, 7) is 5.15. The lowest BCUT2D eigenvalue weighted by atomic mass is 10.2. The molecule has 2 nitrogen and oxygen atoms in total. The molecule has 0 saturated carbocycles. The topological polar surface area (TPSA) is 21.3 Å². The monoisotopic (exact) mass is 239 g/mol. The van der Waals surface area contributed by atoms with E-state index in [1.54, 1.807) is 7.11 Å². The average molecular weight is 239 g/mol. The molecule has 0 aliphatic rings. The normalized spacial score (nSPS) is 12.4. The first-order chi connectivity index (χ1) is 7.76. The Balaban J connectivity index is 2.49. The molecule has 90 valence electrons. The first-order valence-corrected chi connectivity index (χ1v) is 6.73. The number of nitrogens with one attached hydrogen (secondary N) is 1. The molecule has 3 heteroatoms. The zero-order valence-electron chi connectivity index (χ0n) is 10.3. The van der Waals surface area contributed by atoms with Gasteiger partial charge < -0.3 is 10.1 Å². The summed E-state index contributed by atoms with van der Waals surface area (Å²) in [6.07, 6.45) is 1.03. The van der Waals surface area contributed by atoms with Crippen molar-refractivity contribution in [3.8, 4) is 0 Å². The van der Waals surface area contributed by atoms with Gasteiger partial charge in [0.2, 0.25) is 0 Å². The molecule has 1 aromatic rings. The predicted molar refractivity (Wildman–Crippen MR) is 72.4 cm³/mol. The minimum Gasteiger partial charge on any atom is -0.385 e. The van der Waals surface area contributed by atoms with Gasteiger partial charge in [0.25, 0.3) is 0 Å². The maximum Gasteiger partial charge on any atom is 0.0481 e. The van der Waals surface area contributed by atoms with Gasteiger partial charge in [0.05, 0.1) is 0 Å². The second kappa shape index (κ2) is 7.58. The van der Waals surface area contributed by atoms with Gasteiger partial charge in [-0.2, -0.15) is 0 Å². The molecule has 0 fully saturated rings. The molecule has 1 atom stereocenters. The van der Waals surface area contributed by atoms with E-state index in [0.717, 1.165) is 18.8 Å². The van der Waals surface area contributed by atoms with E-state index in [1.807, 2.05) is 11.8 Å². The Bertz CT molecular complexity index is 304. The Morgan fingerprint density at radius 3 is 2.94 bits per heavy atom. The van der Waals surface area contributed by atoms with Gasteiger partial charge in [0.15, 0.2) is 0 Å². The summed E-state index contributed by atoms with van der Waals surface area (Å²) >= 11 is 1.87. The van der Waals surface area contributed by atoms with Gasteiger partial charge in [-0.3, -0.25) is 0 Å². The summed E-state index contributed by atoms with van der Waals surface area (Å²) in [7, 11) is 1.74. The number of benzene rings is 1. The summed E-state index contributed by atoms with van der Waals surface area (Å²) in [4.78, 5) is 1.33. The largest absolute Gasteiger partial charge is 0.385 e. The molecule has 16 heavy (non-hydrogen) atoms. The van der Waals surface area contributed by atoms with Crippen molar-refractivity contribution in [3.63, 3.8) is 0 Å². The van der Waals surface area contributed by atoms with Gasteiger partial charge in [0, 0.05) is 30.3 Å². The smallest absolute Gasteiger partial charge is 0.0481 e. The maximum atomic E-state index is 5.07. The van der Waals surface area contributed by atoms with Crippen LogP contribution in [0.5, 0.6) is 0 Å². The van der Waals surface area contributed by atoms with Crippen LogP contribution < -0.4 is 5.32 Å². The van der Waals surface area contributed by atoms with Gasteiger partial charge in [0.1, 0.15) is 0 Å². The SMILES string of the molecule is CCSc1cccc(NC(C)CCOC)c1. The van der Waals surface area contributed by atoms with Crippen molar-refractivity contribution in [2.24, 2.45) is 0 Å². The third-order valence-corrected chi connectivity index (χ3v) is 3.19. The molecule has 0 radical (unpaired) electrons. The van der Waals surface area contributed by atoms with Gasteiger partial charge >= 0.3 is 0 Å². The van der Waals surface area contributed by atoms with Gasteiger partial charge in [-0.1, -0.05) is 13.0 Å². The lowest BCUT2D eigenvalue weighted by Gasteiger charge is -2.15. The Labute approximate surface area is 103 Å². The molecule has 0 saturated heterocycles. The van der Waals surface area contributed by atoms with Crippen LogP contribution >= 0.6 is 11.8 Å². The van der Waals surface area contributed by atoms with Crippen LogP contribution in [0.3, 0.4) is 0 Å². The number of thioether (sulfide) groups is 1. The fourth-order valence-corrected chi connectivity index (χ4v) is 2.21. The Kier molecular flexibility index (Phi) is 6.34. The molecule has 0 spiro atoms. The average Bonchev–Trinajstić information content (AvgIpc) is 2.27. The molecular formula is C13H21NOS. The summed E-state index contributed by atoms with van der Waals surface area (Å²) in [5, 5.41) is 3.48. The second-order valence-electron chi connectivity index (χ2n) is 3.79. The molecule has 1 aromatic carbocycles. The highest BCUT2D eigenvalue weighted by molar-refractivity contribution is 7.99. The molecule has 0 aliphatic carbocycles. The van der Waals surface area contributed by atoms with E-state index in [-0.39, 0.29) is 0 Å². The fraction of sp³-hybridized carbons (Fsp3) is 0.538. The van der Waals surface area contributed by atoms with E-state index in [4.69, 9.17) is 4.74 Å². The number of hydrogen-bond donors (Lipinski definition) is 1. The molecule has 0 aliphatic heterocycles. The van der Waals surface area contributed by atoms with Crippen LogP contribution in [-0.4, -0.2) is 25.5 Å². The quantitative estimate of drug-likeness (QED) is 0.734. The third-order valence-electron chi connectivity index (χ3n) is 2.31. The van der Waals surface area contributed by atoms with Crippen molar-refractivity contribution >= 4 is 17.4 Å². The zero-order chi connectivity index (χ0) is 11.8. The molecule has 1 rings (SSSR count). The van der Waals surface area contributed by atoms with Crippen LogP contribution in [0.4, 0.5) is 5.69 Å². The van der Waals surface area contributed by atoms with Crippen molar-refractivity contribution in [1.29, 1.82) is 0 Å². The number of hydrogen-bond acceptors (Lipinski definition) is 3. The highest BCUT2D eigenvalue weighted by Gasteiger charge is 2.02. The molecule has 0 heterocycles. The molecule has 0 amide bonds. The van der Waals surface area contributed by atoms with Crippen LogP contribution in [0.15, 0.2) is 29.2 Å². The van der Waals surface area contributed by atoms with Gasteiger partial charge in [-0.05, 0) is 37.3 Å². The molecule has 0 aromatic heterocycles. The minimum atomic E-state index is 0.446. The molecule has 1 unspecified atom stereocenters. The molecule has 1 N–H and O–H groups in total. The minimum absolute atomic E-state index is 0.446. The second-order valence-corrected chi connectivity index (χ2v) is 5.13. The first-order valence-electron chi connectivity index (χ1n) is 5.74. The van der Waals surface area contributed by atoms with Gasteiger partial charge in [-0.25, -0.2) is 0 Å². The van der Waals surface area contributed by atoms with Crippen LogP contribution in [0.25, 0.3) is 0 Å². The predicted octanol–water partition coefficient (Wildman–Crippen LogP) is 3.64. The van der Waals surface area contributed by atoms with E-state index in [9.17, 15) is 0 Å². The van der Waals surface area contributed by atoms with E-state index in [0.29, 0.717) is 6.04 Å². The molecular weight excluding hydrogens is 218 g/mol. The van der Waals surface area contributed by atoms with Crippen LogP contribution in [0.1, 0.15) is 20.3 Å². The van der Waals surface area contributed by atoms with Crippen molar-refractivity contribution in [2.75, 3.05) is 24.8 Å². The molecule has 0 bridgehead atoms. The van der Waals surface area contributed by atoms with Crippen molar-refractivity contribution in [1.82, 2.24) is 0 Å². The maximum absolute atomic E-state index is 5.07. The van der Waals surface area contributed by atoms with E-state index in [1.165, 1.54) is 10.6 Å². The Morgan fingerprint density at radius 1 is 1.44 bits per heavy atom. The Morgan fingerprint density at radius 2 is 2.25 bits per heavy atom. The number of rotatable bonds is 7. The summed E-state index contributed by atoms with van der Waals surface area (Å²) < 4.78 is 5.07. The summed E-state index contributed by atoms with van der Waals surface area (Å²) in [5.41, 5.74) is 1.20. The van der Waals surface area contributed by atoms with Crippen molar-refractivity contribution in [3.05, 3.63) is 24.3 Å². The van der Waals surface area contributed by atoms with E-state index < -0.39 is 0 Å². The third kappa shape index (κ3) is 4.90. The lowest BCUT2D eigenvalue weighted by molar-refractivity contribution is 0.191. The zero-order valence-corrected chi connectivity index (χ0v) is 11.1. The van der Waals surface area contributed by atoms with Gasteiger partial charge in [-0.15, -0.1) is 11.8 Å². The van der Waals surface area contributed by atoms with Crippen molar-refractivity contribution in [2.45, 2.75) is 31.2 Å². The van der Waals surface area contributed by atoms with Crippen LogP contribution in [0, 0.1) is 0 Å². The number of anilines is 1. The van der Waals surface area contributed by atoms with Crippen molar-refractivity contribution < 1.29 is 4.74 Å². The first kappa shape index (κ1) is 13.4. The highest BCUT2D eigenvalue weighted by atomic mass is 32.2. The lowest BCUT2D eigenvalue weighted by Crippen LogP contribution is -2.17. The summed E-state index contributed by atoms with van der Waals surface area (Å²) in [5.74, 6) is 1.11. The number of methoxy groups -OCH3 is 1. The van der Waals surface area contributed by atoms with Crippen LogP contribution in [0.2, 0.25) is 0 Å². The summed E-state index contributed by atoms with van der Waals surface area (Å²) in [6, 6.07) is 9.02. The van der Waals surface area contributed by atoms with E-state index in [2.05, 4.69) is 43.4 Å². The number of ether oxygens (including phenoxy) is 1. The highest BCUT2D eigenvalue weighted by Crippen LogP contribution is 2.21. The van der Waals surface area contributed by atoms with E-state index >= 15 is 0 Å². The Hall–Kier alpha value is -0.670. The standard InChI is InChI=1S/C13H21NOS/c1-4-16-13-7-5-6-12(10-13)14-11(2)8-9-15-3/h5-7,10-11,14H,4,8-9H2,1-3H3. The fourth-order valence-electron chi connectivity index (χ4n) is 1.49. The van der Waals surface area contributed by atoms with Crippen LogP contribution in [-0.2, 0) is 4.74 Å².